The summed E-state index contributed by atoms with van der Waals surface area (Å²) >= 11 is 1.78. The van der Waals surface area contributed by atoms with E-state index < -0.39 is 0 Å². The van der Waals surface area contributed by atoms with Gasteiger partial charge in [0.15, 0.2) is 0 Å². The van der Waals surface area contributed by atoms with Gasteiger partial charge >= 0.3 is 0 Å². The number of aryl methyl sites for hydroxylation is 1. The summed E-state index contributed by atoms with van der Waals surface area (Å²) in [5.74, 6) is 1.48. The molecule has 0 saturated heterocycles. The topological polar surface area (TPSA) is 34.4 Å². The van der Waals surface area contributed by atoms with E-state index in [1.165, 1.54) is 10.4 Å². The van der Waals surface area contributed by atoms with Crippen LogP contribution < -0.4 is 5.32 Å². The predicted molar refractivity (Wildman–Crippen MR) is 83.0 cm³/mol. The fraction of sp³-hybridized carbons (Fsp3) is 0.500. The first kappa shape index (κ1) is 15.3. The number of nitrogens with one attached hydrogen (secondary N) is 1. The molecule has 0 aliphatic carbocycles. The molecule has 1 unspecified atom stereocenters. The van der Waals surface area contributed by atoms with Crippen molar-refractivity contribution in [3.05, 3.63) is 46.0 Å². The Hall–Kier alpha value is -1.10. The van der Waals surface area contributed by atoms with Gasteiger partial charge in [-0.3, -0.25) is 0 Å². The molecule has 3 nitrogen and oxygen atoms in total. The van der Waals surface area contributed by atoms with Gasteiger partial charge in [0.2, 0.25) is 0 Å². The summed E-state index contributed by atoms with van der Waals surface area (Å²) in [4.78, 5) is 1.37. The Morgan fingerprint density at radius 2 is 2.15 bits per heavy atom. The number of rotatable bonds is 8. The van der Waals surface area contributed by atoms with E-state index >= 15 is 0 Å². The van der Waals surface area contributed by atoms with Gasteiger partial charge in [-0.15, -0.1) is 11.3 Å². The van der Waals surface area contributed by atoms with Crippen LogP contribution in [0.4, 0.5) is 0 Å². The second-order valence-electron chi connectivity index (χ2n) is 5.41. The van der Waals surface area contributed by atoms with Crippen molar-refractivity contribution in [2.45, 2.75) is 33.4 Å². The minimum atomic E-state index is 0.102. The van der Waals surface area contributed by atoms with Gasteiger partial charge < -0.3 is 14.5 Å². The normalized spacial score (nSPS) is 13.0. The second kappa shape index (κ2) is 7.62. The lowest BCUT2D eigenvalue weighted by Crippen LogP contribution is -2.25. The highest BCUT2D eigenvalue weighted by atomic mass is 32.1. The fourth-order valence-corrected chi connectivity index (χ4v) is 2.81. The van der Waals surface area contributed by atoms with E-state index in [-0.39, 0.29) is 6.04 Å². The lowest BCUT2D eigenvalue weighted by Gasteiger charge is -2.17. The smallest absolute Gasteiger partial charge is 0.123 e. The van der Waals surface area contributed by atoms with Crippen LogP contribution in [0, 0.1) is 12.8 Å². The molecule has 110 valence electrons. The van der Waals surface area contributed by atoms with Gasteiger partial charge in [-0.05, 0) is 42.0 Å². The van der Waals surface area contributed by atoms with Crippen molar-refractivity contribution < 1.29 is 9.15 Å². The van der Waals surface area contributed by atoms with Crippen LogP contribution in [0.3, 0.4) is 0 Å². The Labute approximate surface area is 125 Å². The lowest BCUT2D eigenvalue weighted by atomic mass is 10.2. The monoisotopic (exact) mass is 293 g/mol. The Balaban J connectivity index is 1.91. The van der Waals surface area contributed by atoms with Gasteiger partial charge in [-0.2, -0.15) is 0 Å². The van der Waals surface area contributed by atoms with Crippen molar-refractivity contribution in [3.63, 3.8) is 0 Å². The fourth-order valence-electron chi connectivity index (χ4n) is 1.95. The van der Waals surface area contributed by atoms with Crippen molar-refractivity contribution in [2.75, 3.05) is 13.2 Å². The molecule has 0 amide bonds. The molecular weight excluding hydrogens is 270 g/mol. The molecule has 0 aliphatic rings. The average molecular weight is 293 g/mol. The van der Waals surface area contributed by atoms with Crippen LogP contribution in [0.2, 0.25) is 0 Å². The molecule has 2 aromatic heterocycles. The minimum absolute atomic E-state index is 0.102. The van der Waals surface area contributed by atoms with Crippen molar-refractivity contribution in [2.24, 2.45) is 5.92 Å². The molecule has 0 saturated carbocycles. The van der Waals surface area contributed by atoms with Crippen molar-refractivity contribution in [3.8, 4) is 0 Å². The lowest BCUT2D eigenvalue weighted by molar-refractivity contribution is 0.0845. The highest BCUT2D eigenvalue weighted by Gasteiger charge is 2.15. The van der Waals surface area contributed by atoms with E-state index in [2.05, 4.69) is 37.5 Å². The van der Waals surface area contributed by atoms with Crippen LogP contribution >= 0.6 is 11.3 Å². The zero-order valence-corrected chi connectivity index (χ0v) is 13.2. The molecular formula is C16H23NO2S. The summed E-state index contributed by atoms with van der Waals surface area (Å²) in [6, 6.07) is 6.17. The van der Waals surface area contributed by atoms with Crippen molar-refractivity contribution in [1.82, 2.24) is 5.32 Å². The summed E-state index contributed by atoms with van der Waals surface area (Å²) in [6.45, 7) is 8.71. The number of thiophene rings is 1. The molecule has 1 atom stereocenters. The van der Waals surface area contributed by atoms with Gasteiger partial charge in [-0.1, -0.05) is 13.8 Å². The van der Waals surface area contributed by atoms with E-state index in [1.807, 2.05) is 12.1 Å². The second-order valence-corrected chi connectivity index (χ2v) is 6.41. The first-order valence-corrected chi connectivity index (χ1v) is 7.92. The Bertz CT molecular complexity index is 490. The quantitative estimate of drug-likeness (QED) is 0.794. The predicted octanol–water partition coefficient (Wildman–Crippen LogP) is 4.15. The third kappa shape index (κ3) is 4.47. The molecule has 2 rings (SSSR count). The molecule has 0 aromatic carbocycles. The van der Waals surface area contributed by atoms with Gasteiger partial charge in [0.25, 0.3) is 0 Å². The molecule has 20 heavy (non-hydrogen) atoms. The molecule has 4 heteroatoms. The average Bonchev–Trinajstić information content (AvgIpc) is 3.05. The van der Waals surface area contributed by atoms with Crippen LogP contribution in [0.5, 0.6) is 0 Å². The van der Waals surface area contributed by atoms with Gasteiger partial charge in [-0.25, -0.2) is 0 Å². The zero-order valence-electron chi connectivity index (χ0n) is 12.4. The molecule has 0 aliphatic heterocycles. The number of furan rings is 1. The third-order valence-electron chi connectivity index (χ3n) is 3.10. The van der Waals surface area contributed by atoms with Crippen molar-refractivity contribution in [1.29, 1.82) is 0 Å². The molecule has 0 bridgehead atoms. The van der Waals surface area contributed by atoms with Gasteiger partial charge in [0.05, 0.1) is 18.9 Å². The highest BCUT2D eigenvalue weighted by Crippen LogP contribution is 2.19. The number of hydrogen-bond acceptors (Lipinski definition) is 4. The van der Waals surface area contributed by atoms with Gasteiger partial charge in [0, 0.05) is 18.0 Å². The van der Waals surface area contributed by atoms with Crippen molar-refractivity contribution >= 4 is 11.3 Å². The van der Waals surface area contributed by atoms with Crippen LogP contribution in [0.1, 0.15) is 36.1 Å². The van der Waals surface area contributed by atoms with Crippen LogP contribution in [0.15, 0.2) is 34.3 Å². The number of hydrogen-bond donors (Lipinski definition) is 1. The molecule has 0 fully saturated rings. The molecule has 0 radical (unpaired) electrons. The van der Waals surface area contributed by atoms with E-state index in [0.717, 1.165) is 18.9 Å². The van der Waals surface area contributed by atoms with E-state index in [0.29, 0.717) is 12.5 Å². The molecule has 2 heterocycles. The standard InChI is InChI=1S/C16H23NO2S/c1-12(2)10-18-11-14(15-5-4-7-19-15)17-9-16-13(3)6-8-20-16/h4-8,12,14,17H,9-11H2,1-3H3. The van der Waals surface area contributed by atoms with Crippen LogP contribution in [0.25, 0.3) is 0 Å². The largest absolute Gasteiger partial charge is 0.468 e. The van der Waals surface area contributed by atoms with E-state index in [4.69, 9.17) is 9.15 Å². The highest BCUT2D eigenvalue weighted by molar-refractivity contribution is 7.10. The summed E-state index contributed by atoms with van der Waals surface area (Å²) in [5.41, 5.74) is 1.34. The SMILES string of the molecule is Cc1ccsc1CNC(COCC(C)C)c1ccco1. The molecule has 0 spiro atoms. The Morgan fingerprint density at radius 3 is 2.75 bits per heavy atom. The summed E-state index contributed by atoms with van der Waals surface area (Å²) in [5, 5.41) is 5.66. The molecule has 2 aromatic rings. The first-order valence-electron chi connectivity index (χ1n) is 7.04. The first-order chi connectivity index (χ1) is 9.66. The maximum Gasteiger partial charge on any atom is 0.123 e. The third-order valence-corrected chi connectivity index (χ3v) is 4.12. The minimum Gasteiger partial charge on any atom is -0.468 e. The maximum atomic E-state index is 5.76. The molecule has 1 N–H and O–H groups in total. The Morgan fingerprint density at radius 1 is 1.30 bits per heavy atom. The van der Waals surface area contributed by atoms with E-state index in [9.17, 15) is 0 Å². The zero-order chi connectivity index (χ0) is 14.4. The van der Waals surface area contributed by atoms with Crippen LogP contribution in [-0.4, -0.2) is 13.2 Å². The van der Waals surface area contributed by atoms with Crippen LogP contribution in [-0.2, 0) is 11.3 Å². The van der Waals surface area contributed by atoms with Gasteiger partial charge in [0.1, 0.15) is 5.76 Å². The number of ether oxygens (including phenoxy) is 1. The Kier molecular flexibility index (Phi) is 5.83. The summed E-state index contributed by atoms with van der Waals surface area (Å²) in [7, 11) is 0. The summed E-state index contributed by atoms with van der Waals surface area (Å²) in [6.07, 6.45) is 1.71. The summed E-state index contributed by atoms with van der Waals surface area (Å²) < 4.78 is 11.3. The van der Waals surface area contributed by atoms with E-state index in [1.54, 1.807) is 17.6 Å². The maximum absolute atomic E-state index is 5.76.